The molecule has 0 fully saturated rings. The molecule has 0 amide bonds. The number of pyridine rings is 1. The molecule has 3 aromatic rings. The zero-order chi connectivity index (χ0) is 18.0. The fourth-order valence-electron chi connectivity index (χ4n) is 2.34. The number of aromatic nitrogens is 2. The average Bonchev–Trinajstić information content (AvgIpc) is 3.01. The van der Waals surface area contributed by atoms with Crippen molar-refractivity contribution in [2.75, 3.05) is 19.8 Å². The largest absolute Gasteiger partial charge is 0.456 e. The second-order valence-electron chi connectivity index (χ2n) is 5.02. The van der Waals surface area contributed by atoms with Gasteiger partial charge >= 0.3 is 18.0 Å². The van der Waals surface area contributed by atoms with Crippen molar-refractivity contribution >= 4 is 28.0 Å². The number of hydrogen-bond donors (Lipinski definition) is 0. The Labute approximate surface area is 139 Å². The summed E-state index contributed by atoms with van der Waals surface area (Å²) in [5.74, 6) is -1.31. The Kier molecular flexibility index (Phi) is 4.58. The maximum Gasteiger partial charge on any atom is 0.417 e. The number of carbonyl (C=O) groups is 1. The van der Waals surface area contributed by atoms with Gasteiger partial charge in [-0.2, -0.15) is 13.2 Å². The van der Waals surface area contributed by atoms with Crippen molar-refractivity contribution in [2.45, 2.75) is 13.1 Å². The van der Waals surface area contributed by atoms with E-state index in [0.717, 1.165) is 6.07 Å². The molecule has 0 aliphatic heterocycles. The van der Waals surface area contributed by atoms with Crippen LogP contribution in [0.1, 0.15) is 23.2 Å². The summed E-state index contributed by atoms with van der Waals surface area (Å²) < 4.78 is 55.0. The van der Waals surface area contributed by atoms with Crippen molar-refractivity contribution in [3.05, 3.63) is 35.9 Å². The van der Waals surface area contributed by atoms with E-state index in [2.05, 4.69) is 9.97 Å². The third-order valence-electron chi connectivity index (χ3n) is 3.39. The molecule has 0 radical (unpaired) electrons. The Morgan fingerprint density at radius 3 is 2.84 bits per heavy atom. The van der Waals surface area contributed by atoms with Crippen molar-refractivity contribution in [3.63, 3.8) is 0 Å². The number of hydrogen-bond acceptors (Lipinski definition) is 6. The second kappa shape index (κ2) is 6.67. The molecule has 2 heterocycles. The molecule has 1 aromatic carbocycles. The Hall–Kier alpha value is -2.68. The van der Waals surface area contributed by atoms with Crippen LogP contribution in [0.25, 0.3) is 22.0 Å². The van der Waals surface area contributed by atoms with E-state index >= 15 is 0 Å². The summed E-state index contributed by atoms with van der Waals surface area (Å²) in [7, 11) is 0. The van der Waals surface area contributed by atoms with Gasteiger partial charge in [-0.1, -0.05) is 6.07 Å². The summed E-state index contributed by atoms with van der Waals surface area (Å²) in [5, 5.41) is -0.130. The van der Waals surface area contributed by atoms with E-state index in [0.29, 0.717) is 6.61 Å². The summed E-state index contributed by atoms with van der Waals surface area (Å²) in [6.07, 6.45) is -3.25. The average molecular weight is 354 g/mol. The van der Waals surface area contributed by atoms with Gasteiger partial charge in [0.2, 0.25) is 0 Å². The van der Waals surface area contributed by atoms with E-state index in [-0.39, 0.29) is 35.2 Å². The highest BCUT2D eigenvalue weighted by Crippen LogP contribution is 2.37. The number of ether oxygens (including phenoxy) is 2. The minimum absolute atomic E-state index is 0.000332. The highest BCUT2D eigenvalue weighted by molar-refractivity contribution is 6.03. The van der Waals surface area contributed by atoms with Gasteiger partial charge in [-0.25, -0.2) is 9.78 Å². The number of fused-ring (bicyclic) bond motifs is 3. The Morgan fingerprint density at radius 2 is 2.12 bits per heavy atom. The van der Waals surface area contributed by atoms with Crippen LogP contribution < -0.4 is 0 Å². The van der Waals surface area contributed by atoms with Crippen LogP contribution >= 0.6 is 0 Å². The van der Waals surface area contributed by atoms with Crippen LogP contribution in [0.4, 0.5) is 13.2 Å². The molecule has 0 saturated carbocycles. The van der Waals surface area contributed by atoms with Crippen molar-refractivity contribution in [2.24, 2.45) is 0 Å². The van der Waals surface area contributed by atoms with Crippen molar-refractivity contribution in [1.29, 1.82) is 0 Å². The molecule has 0 aliphatic carbocycles. The predicted molar refractivity (Wildman–Crippen MR) is 81.1 cm³/mol. The Balaban J connectivity index is 2.03. The van der Waals surface area contributed by atoms with E-state index < -0.39 is 23.6 Å². The van der Waals surface area contributed by atoms with Crippen LogP contribution in [0.3, 0.4) is 0 Å². The number of benzene rings is 1. The maximum absolute atomic E-state index is 13.3. The van der Waals surface area contributed by atoms with Gasteiger partial charge in [-0.05, 0) is 19.1 Å². The first-order chi connectivity index (χ1) is 11.9. The predicted octanol–water partition coefficient (Wildman–Crippen LogP) is 3.59. The van der Waals surface area contributed by atoms with Crippen LogP contribution in [0, 0.1) is 0 Å². The van der Waals surface area contributed by atoms with Crippen LogP contribution in [0.5, 0.6) is 0 Å². The molecule has 0 aliphatic rings. The molecule has 0 spiro atoms. The van der Waals surface area contributed by atoms with Crippen LogP contribution in [0.15, 0.2) is 28.8 Å². The first kappa shape index (κ1) is 17.2. The summed E-state index contributed by atoms with van der Waals surface area (Å²) in [6.45, 7) is 2.45. The van der Waals surface area contributed by atoms with Crippen LogP contribution in [-0.2, 0) is 15.7 Å². The SMILES string of the molecule is CCOCCOC(=O)c1nc2cc(C(F)(F)F)c3cccnc3c2o1. The van der Waals surface area contributed by atoms with Gasteiger partial charge in [-0.15, -0.1) is 0 Å². The van der Waals surface area contributed by atoms with Gasteiger partial charge in [0.1, 0.15) is 17.6 Å². The van der Waals surface area contributed by atoms with E-state index in [4.69, 9.17) is 13.9 Å². The minimum atomic E-state index is -4.59. The standard InChI is InChI=1S/C16H13F3N2O4/c1-2-23-6-7-24-15(22)14-21-11-8-10(16(17,18)19)9-4-3-5-20-12(9)13(11)25-14/h3-5,8H,2,6-7H2,1H3. The lowest BCUT2D eigenvalue weighted by Crippen LogP contribution is -2.11. The van der Waals surface area contributed by atoms with Gasteiger partial charge in [-0.3, -0.25) is 4.98 Å². The lowest BCUT2D eigenvalue weighted by molar-refractivity contribution is -0.136. The highest BCUT2D eigenvalue weighted by Gasteiger charge is 2.34. The molecule has 0 N–H and O–H groups in total. The molecular formula is C16H13F3N2O4. The third kappa shape index (κ3) is 3.41. The third-order valence-corrected chi connectivity index (χ3v) is 3.39. The number of rotatable bonds is 5. The van der Waals surface area contributed by atoms with E-state index in [1.54, 1.807) is 6.92 Å². The van der Waals surface area contributed by atoms with Crippen molar-refractivity contribution in [3.8, 4) is 0 Å². The normalized spacial score (nSPS) is 12.0. The Morgan fingerprint density at radius 1 is 1.32 bits per heavy atom. The smallest absolute Gasteiger partial charge is 0.417 e. The first-order valence-corrected chi connectivity index (χ1v) is 7.42. The molecular weight excluding hydrogens is 341 g/mol. The van der Waals surface area contributed by atoms with Crippen LogP contribution in [0.2, 0.25) is 0 Å². The molecule has 132 valence electrons. The summed E-state index contributed by atoms with van der Waals surface area (Å²) in [4.78, 5) is 19.7. The quantitative estimate of drug-likeness (QED) is 0.515. The molecule has 0 saturated heterocycles. The van der Waals surface area contributed by atoms with E-state index in [1.807, 2.05) is 0 Å². The molecule has 0 unspecified atom stereocenters. The van der Waals surface area contributed by atoms with Gasteiger partial charge in [0.15, 0.2) is 5.58 Å². The zero-order valence-electron chi connectivity index (χ0n) is 13.1. The highest BCUT2D eigenvalue weighted by atomic mass is 19.4. The van der Waals surface area contributed by atoms with Crippen molar-refractivity contribution in [1.82, 2.24) is 9.97 Å². The Bertz CT molecular complexity index is 921. The van der Waals surface area contributed by atoms with E-state index in [9.17, 15) is 18.0 Å². The van der Waals surface area contributed by atoms with E-state index in [1.165, 1.54) is 18.3 Å². The first-order valence-electron chi connectivity index (χ1n) is 7.42. The van der Waals surface area contributed by atoms with Gasteiger partial charge in [0, 0.05) is 18.2 Å². The van der Waals surface area contributed by atoms with Gasteiger partial charge in [0.05, 0.1) is 12.2 Å². The summed E-state index contributed by atoms with van der Waals surface area (Å²) in [5.41, 5.74) is -1.03. The minimum Gasteiger partial charge on any atom is -0.456 e. The molecule has 9 heteroatoms. The lowest BCUT2D eigenvalue weighted by Gasteiger charge is -2.09. The number of alkyl halides is 3. The number of halogens is 3. The number of esters is 1. The van der Waals surface area contributed by atoms with Crippen LogP contribution in [-0.4, -0.2) is 35.8 Å². The molecule has 3 rings (SSSR count). The number of carbonyl (C=O) groups excluding carboxylic acids is 1. The number of nitrogens with zero attached hydrogens (tertiary/aromatic N) is 2. The maximum atomic E-state index is 13.3. The van der Waals surface area contributed by atoms with Gasteiger partial charge in [0.25, 0.3) is 0 Å². The molecule has 0 bridgehead atoms. The fraction of sp³-hybridized carbons (Fsp3) is 0.312. The molecule has 2 aromatic heterocycles. The van der Waals surface area contributed by atoms with Gasteiger partial charge < -0.3 is 13.9 Å². The second-order valence-corrected chi connectivity index (χ2v) is 5.02. The summed E-state index contributed by atoms with van der Waals surface area (Å²) >= 11 is 0. The molecule has 25 heavy (non-hydrogen) atoms. The summed E-state index contributed by atoms with van der Waals surface area (Å²) in [6, 6.07) is 3.51. The molecule has 0 atom stereocenters. The fourth-order valence-corrected chi connectivity index (χ4v) is 2.34. The number of oxazole rings is 1. The zero-order valence-corrected chi connectivity index (χ0v) is 13.1. The lowest BCUT2D eigenvalue weighted by atomic mass is 10.1. The van der Waals surface area contributed by atoms with Crippen molar-refractivity contribution < 1.29 is 31.9 Å². The molecule has 6 nitrogen and oxygen atoms in total. The topological polar surface area (TPSA) is 74.5 Å². The monoisotopic (exact) mass is 354 g/mol.